The number of fused-ring (bicyclic) bond motifs is 1. The molecule has 1 amide bonds. The summed E-state index contributed by atoms with van der Waals surface area (Å²) in [6.07, 6.45) is 1.39. The van der Waals surface area contributed by atoms with Crippen LogP contribution in [0.15, 0.2) is 35.4 Å². The lowest BCUT2D eigenvalue weighted by Gasteiger charge is -2.13. The van der Waals surface area contributed by atoms with Crippen LogP contribution >= 0.6 is 22.9 Å². The van der Waals surface area contributed by atoms with Crippen molar-refractivity contribution in [1.29, 1.82) is 0 Å². The molecule has 0 unspecified atom stereocenters. The minimum atomic E-state index is -0.542. The van der Waals surface area contributed by atoms with Gasteiger partial charge >= 0.3 is 0 Å². The second kappa shape index (κ2) is 8.97. The number of amides is 1. The Morgan fingerprint density at radius 2 is 1.90 bits per heavy atom. The first-order valence-electron chi connectivity index (χ1n) is 8.40. The van der Waals surface area contributed by atoms with E-state index in [0.717, 1.165) is 11.3 Å². The molecule has 0 atom stereocenters. The second-order valence-corrected chi connectivity index (χ2v) is 7.24. The van der Waals surface area contributed by atoms with Crippen molar-refractivity contribution in [3.8, 4) is 17.2 Å². The molecule has 0 aliphatic carbocycles. The fraction of sp³-hybridized carbons (Fsp3) is 0.158. The molecule has 0 fully saturated rings. The van der Waals surface area contributed by atoms with E-state index in [4.69, 9.17) is 25.8 Å². The third-order valence-electron chi connectivity index (χ3n) is 4.13. The van der Waals surface area contributed by atoms with Gasteiger partial charge in [0.05, 0.1) is 37.5 Å². The second-order valence-electron chi connectivity index (χ2n) is 5.81. The van der Waals surface area contributed by atoms with Gasteiger partial charge in [0, 0.05) is 27.8 Å². The average molecular weight is 450 g/mol. The average Bonchev–Trinajstić information content (AvgIpc) is 3.08. The van der Waals surface area contributed by atoms with Crippen molar-refractivity contribution < 1.29 is 23.9 Å². The number of non-ortho nitro benzene ring substituents is 1. The normalized spacial score (nSPS) is 10.9. The summed E-state index contributed by atoms with van der Waals surface area (Å²) in [5.74, 6) is 0.729. The van der Waals surface area contributed by atoms with Gasteiger partial charge in [-0.2, -0.15) is 5.10 Å². The Kier molecular flexibility index (Phi) is 6.38. The molecule has 1 aromatic heterocycles. The van der Waals surface area contributed by atoms with Gasteiger partial charge in [-0.3, -0.25) is 14.9 Å². The summed E-state index contributed by atoms with van der Waals surface area (Å²) in [7, 11) is 4.47. The number of carbonyl (C=O) groups excluding carboxylic acids is 1. The number of methoxy groups -OCH3 is 3. The Balaban J connectivity index is 1.84. The number of hydrogen-bond donors (Lipinski definition) is 1. The van der Waals surface area contributed by atoms with E-state index in [0.29, 0.717) is 32.9 Å². The van der Waals surface area contributed by atoms with E-state index in [-0.39, 0.29) is 15.6 Å². The molecule has 0 saturated heterocycles. The maximum absolute atomic E-state index is 12.5. The molecule has 1 N–H and O–H groups in total. The van der Waals surface area contributed by atoms with Crippen molar-refractivity contribution in [3.63, 3.8) is 0 Å². The van der Waals surface area contributed by atoms with Gasteiger partial charge in [-0.25, -0.2) is 5.43 Å². The van der Waals surface area contributed by atoms with Gasteiger partial charge in [0.15, 0.2) is 11.5 Å². The molecule has 0 aliphatic heterocycles. The number of nitrogens with one attached hydrogen (secondary N) is 1. The van der Waals surface area contributed by atoms with Gasteiger partial charge in [0.1, 0.15) is 4.88 Å². The van der Waals surface area contributed by atoms with Gasteiger partial charge in [-0.15, -0.1) is 11.3 Å². The van der Waals surface area contributed by atoms with E-state index in [1.165, 1.54) is 45.7 Å². The van der Waals surface area contributed by atoms with Gasteiger partial charge < -0.3 is 14.2 Å². The zero-order valence-electron chi connectivity index (χ0n) is 16.1. The van der Waals surface area contributed by atoms with Gasteiger partial charge in [-0.05, 0) is 18.2 Å². The minimum Gasteiger partial charge on any atom is -0.493 e. The van der Waals surface area contributed by atoms with E-state index >= 15 is 0 Å². The molecule has 2 aromatic carbocycles. The standard InChI is InChI=1S/C19H16ClN3O6S/c1-27-13-7-4-10(16(28-2)17(13)29-3)9-21-22-19(24)18-15(20)12-6-5-11(23(25)26)8-14(12)30-18/h4-9H,1-3H3,(H,22,24)/b21-9+. The molecule has 30 heavy (non-hydrogen) atoms. The minimum absolute atomic E-state index is 0.0778. The summed E-state index contributed by atoms with van der Waals surface area (Å²) in [5.41, 5.74) is 2.87. The molecular formula is C19H16ClN3O6S. The van der Waals surface area contributed by atoms with Crippen LogP contribution in [0.1, 0.15) is 15.2 Å². The predicted octanol–water partition coefficient (Wildman–Crippen LogP) is 4.25. The topological polar surface area (TPSA) is 112 Å². The third-order valence-corrected chi connectivity index (χ3v) is 5.79. The van der Waals surface area contributed by atoms with E-state index in [2.05, 4.69) is 10.5 Å². The van der Waals surface area contributed by atoms with Crippen LogP contribution < -0.4 is 19.6 Å². The van der Waals surface area contributed by atoms with Gasteiger partial charge in [0.25, 0.3) is 11.6 Å². The number of benzene rings is 2. The lowest BCUT2D eigenvalue weighted by molar-refractivity contribution is -0.384. The van der Waals surface area contributed by atoms with E-state index in [1.807, 2.05) is 0 Å². The number of nitrogens with zero attached hydrogens (tertiary/aromatic N) is 2. The molecule has 0 radical (unpaired) electrons. The Hall–Kier alpha value is -3.37. The SMILES string of the molecule is COc1ccc(/C=N/NC(=O)c2sc3cc([N+](=O)[O-])ccc3c2Cl)c(OC)c1OC. The summed E-state index contributed by atoms with van der Waals surface area (Å²) in [5, 5.41) is 15.7. The number of hydrogen-bond acceptors (Lipinski definition) is 8. The van der Waals surface area contributed by atoms with Crippen LogP contribution in [-0.2, 0) is 0 Å². The lowest BCUT2D eigenvalue weighted by atomic mass is 10.2. The molecule has 3 aromatic rings. The highest BCUT2D eigenvalue weighted by molar-refractivity contribution is 7.21. The van der Waals surface area contributed by atoms with Crippen molar-refractivity contribution in [2.75, 3.05) is 21.3 Å². The van der Waals surface area contributed by atoms with E-state index in [1.54, 1.807) is 12.1 Å². The predicted molar refractivity (Wildman–Crippen MR) is 115 cm³/mol. The van der Waals surface area contributed by atoms with Crippen molar-refractivity contribution >= 4 is 50.8 Å². The van der Waals surface area contributed by atoms with Crippen LogP contribution in [0, 0.1) is 10.1 Å². The Morgan fingerprint density at radius 1 is 1.17 bits per heavy atom. The van der Waals surface area contributed by atoms with Crippen molar-refractivity contribution in [1.82, 2.24) is 5.43 Å². The van der Waals surface area contributed by atoms with Crippen LogP contribution in [0.5, 0.6) is 17.2 Å². The smallest absolute Gasteiger partial charge is 0.283 e. The first kappa shape index (κ1) is 21.3. The summed E-state index contributed by atoms with van der Waals surface area (Å²) in [4.78, 5) is 23.1. The molecule has 0 aliphatic rings. The van der Waals surface area contributed by atoms with Crippen LogP contribution in [-0.4, -0.2) is 38.4 Å². The molecule has 0 spiro atoms. The molecular weight excluding hydrogens is 434 g/mol. The van der Waals surface area contributed by atoms with Crippen LogP contribution in [0.4, 0.5) is 5.69 Å². The summed E-state index contributed by atoms with van der Waals surface area (Å²) in [6.45, 7) is 0. The third kappa shape index (κ3) is 4.00. The number of halogens is 1. The highest BCUT2D eigenvalue weighted by Gasteiger charge is 2.19. The quantitative estimate of drug-likeness (QED) is 0.328. The zero-order chi connectivity index (χ0) is 21.8. The number of hydrazone groups is 1. The number of rotatable bonds is 7. The van der Waals surface area contributed by atoms with Crippen LogP contribution in [0.3, 0.4) is 0 Å². The number of nitro benzene ring substituents is 1. The molecule has 0 saturated carbocycles. The largest absolute Gasteiger partial charge is 0.493 e. The number of ether oxygens (including phenoxy) is 3. The first-order valence-corrected chi connectivity index (χ1v) is 9.59. The molecule has 1 heterocycles. The van der Waals surface area contributed by atoms with Crippen molar-refractivity contribution in [2.24, 2.45) is 5.10 Å². The van der Waals surface area contributed by atoms with Crippen LogP contribution in [0.2, 0.25) is 5.02 Å². The monoisotopic (exact) mass is 449 g/mol. The number of carbonyl (C=O) groups is 1. The highest BCUT2D eigenvalue weighted by Crippen LogP contribution is 2.39. The fourth-order valence-electron chi connectivity index (χ4n) is 2.75. The molecule has 9 nitrogen and oxygen atoms in total. The fourth-order valence-corrected chi connectivity index (χ4v) is 4.19. The van der Waals surface area contributed by atoms with Crippen LogP contribution in [0.25, 0.3) is 10.1 Å². The first-order chi connectivity index (χ1) is 14.4. The zero-order valence-corrected chi connectivity index (χ0v) is 17.7. The number of nitro groups is 1. The molecule has 0 bridgehead atoms. The summed E-state index contributed by atoms with van der Waals surface area (Å²) in [6, 6.07) is 7.60. The molecule has 156 valence electrons. The van der Waals surface area contributed by atoms with Gasteiger partial charge in [0.2, 0.25) is 5.75 Å². The Morgan fingerprint density at radius 3 is 2.53 bits per heavy atom. The summed E-state index contributed by atoms with van der Waals surface area (Å²) < 4.78 is 16.4. The van der Waals surface area contributed by atoms with Gasteiger partial charge in [-0.1, -0.05) is 11.6 Å². The maximum atomic E-state index is 12.5. The summed E-state index contributed by atoms with van der Waals surface area (Å²) >= 11 is 7.32. The highest BCUT2D eigenvalue weighted by atomic mass is 35.5. The molecule has 11 heteroatoms. The van der Waals surface area contributed by atoms with Crippen molar-refractivity contribution in [2.45, 2.75) is 0 Å². The Bertz CT molecular complexity index is 1160. The van der Waals surface area contributed by atoms with E-state index < -0.39 is 10.8 Å². The number of thiophene rings is 1. The van der Waals surface area contributed by atoms with Crippen molar-refractivity contribution in [3.05, 3.63) is 55.9 Å². The van der Waals surface area contributed by atoms with E-state index in [9.17, 15) is 14.9 Å². The Labute approximate surface area is 180 Å². The maximum Gasteiger partial charge on any atom is 0.283 e. The molecule has 3 rings (SSSR count). The lowest BCUT2D eigenvalue weighted by Crippen LogP contribution is -2.16.